The highest BCUT2D eigenvalue weighted by Crippen LogP contribution is 2.62. The Morgan fingerprint density at radius 2 is 2.09 bits per heavy atom. The van der Waals surface area contributed by atoms with Gasteiger partial charge >= 0.3 is 0 Å². The van der Waals surface area contributed by atoms with Crippen molar-refractivity contribution in [3.63, 3.8) is 0 Å². The number of hydrogen-bond donors (Lipinski definition) is 1. The molecule has 132 valence electrons. The highest BCUT2D eigenvalue weighted by molar-refractivity contribution is 9.11. The SMILES string of the molecule is CC(C)(O)C[C@@H]1CO[C@](C)([C@H]2CC[C@H]3/C(=C/Br)CCC[C@@]32C)C1. The number of allylic oxidation sites excluding steroid dienone is 1. The van der Waals surface area contributed by atoms with Gasteiger partial charge in [0.2, 0.25) is 0 Å². The summed E-state index contributed by atoms with van der Waals surface area (Å²) in [5.41, 5.74) is 1.42. The van der Waals surface area contributed by atoms with Crippen LogP contribution >= 0.6 is 15.9 Å². The van der Waals surface area contributed by atoms with Crippen LogP contribution in [0.4, 0.5) is 0 Å². The Labute approximate surface area is 150 Å². The van der Waals surface area contributed by atoms with Crippen molar-refractivity contribution < 1.29 is 9.84 Å². The zero-order valence-electron chi connectivity index (χ0n) is 15.2. The topological polar surface area (TPSA) is 29.5 Å². The molecule has 3 rings (SSSR count). The van der Waals surface area contributed by atoms with E-state index in [0.29, 0.717) is 17.3 Å². The Hall–Kier alpha value is 0.140. The molecule has 0 amide bonds. The van der Waals surface area contributed by atoms with Gasteiger partial charge in [0.1, 0.15) is 0 Å². The van der Waals surface area contributed by atoms with E-state index in [0.717, 1.165) is 25.4 Å². The van der Waals surface area contributed by atoms with Crippen LogP contribution in [0.15, 0.2) is 10.6 Å². The molecule has 3 aliphatic rings. The van der Waals surface area contributed by atoms with Crippen LogP contribution in [0.3, 0.4) is 0 Å². The van der Waals surface area contributed by atoms with E-state index in [-0.39, 0.29) is 5.60 Å². The van der Waals surface area contributed by atoms with Crippen LogP contribution < -0.4 is 0 Å². The van der Waals surface area contributed by atoms with Crippen LogP contribution in [-0.2, 0) is 4.74 Å². The largest absolute Gasteiger partial charge is 0.390 e. The van der Waals surface area contributed by atoms with Crippen molar-refractivity contribution in [3.05, 3.63) is 10.6 Å². The fourth-order valence-corrected chi connectivity index (χ4v) is 6.80. The summed E-state index contributed by atoms with van der Waals surface area (Å²) in [6.07, 6.45) is 8.47. The Morgan fingerprint density at radius 3 is 2.74 bits per heavy atom. The number of hydrogen-bond acceptors (Lipinski definition) is 2. The fraction of sp³-hybridized carbons (Fsp3) is 0.900. The average molecular weight is 385 g/mol. The van der Waals surface area contributed by atoms with Gasteiger partial charge in [-0.2, -0.15) is 0 Å². The molecule has 1 heterocycles. The second kappa shape index (κ2) is 6.14. The Morgan fingerprint density at radius 1 is 1.35 bits per heavy atom. The first kappa shape index (κ1) is 17.9. The molecule has 0 bridgehead atoms. The predicted octanol–water partition coefficient (Wildman–Crippen LogP) is 5.44. The number of ether oxygens (including phenoxy) is 1. The van der Waals surface area contributed by atoms with Crippen LogP contribution in [0, 0.1) is 23.2 Å². The maximum Gasteiger partial charge on any atom is 0.0691 e. The maximum absolute atomic E-state index is 10.2. The van der Waals surface area contributed by atoms with Crippen LogP contribution in [0.1, 0.15) is 72.6 Å². The van der Waals surface area contributed by atoms with Crippen molar-refractivity contribution in [2.45, 2.75) is 83.8 Å². The van der Waals surface area contributed by atoms with Gasteiger partial charge in [0, 0.05) is 0 Å². The van der Waals surface area contributed by atoms with Gasteiger partial charge < -0.3 is 9.84 Å². The van der Waals surface area contributed by atoms with E-state index in [2.05, 4.69) is 34.8 Å². The lowest BCUT2D eigenvalue weighted by Gasteiger charge is -2.47. The van der Waals surface area contributed by atoms with Crippen molar-refractivity contribution in [2.75, 3.05) is 6.61 Å². The van der Waals surface area contributed by atoms with Crippen molar-refractivity contribution in [1.82, 2.24) is 0 Å². The third-order valence-electron chi connectivity index (χ3n) is 6.97. The van der Waals surface area contributed by atoms with Gasteiger partial charge in [-0.15, -0.1) is 0 Å². The molecule has 23 heavy (non-hydrogen) atoms. The van der Waals surface area contributed by atoms with E-state index in [1.54, 1.807) is 5.57 Å². The molecular weight excluding hydrogens is 352 g/mol. The zero-order valence-corrected chi connectivity index (χ0v) is 16.8. The van der Waals surface area contributed by atoms with Crippen molar-refractivity contribution >= 4 is 15.9 Å². The van der Waals surface area contributed by atoms with Gasteiger partial charge in [0.05, 0.1) is 17.8 Å². The van der Waals surface area contributed by atoms with Gasteiger partial charge in [0.15, 0.2) is 0 Å². The van der Waals surface area contributed by atoms with Gasteiger partial charge in [-0.3, -0.25) is 0 Å². The molecule has 0 radical (unpaired) electrons. The summed E-state index contributed by atoms with van der Waals surface area (Å²) in [6.45, 7) is 9.52. The number of halogens is 1. The molecule has 0 aromatic carbocycles. The minimum Gasteiger partial charge on any atom is -0.390 e. The molecule has 3 fully saturated rings. The molecule has 0 spiro atoms. The summed E-state index contributed by atoms with van der Waals surface area (Å²) < 4.78 is 6.42. The second-order valence-corrected chi connectivity index (χ2v) is 9.89. The van der Waals surface area contributed by atoms with E-state index in [1.807, 2.05) is 13.8 Å². The monoisotopic (exact) mass is 384 g/mol. The van der Waals surface area contributed by atoms with Crippen LogP contribution in [-0.4, -0.2) is 22.9 Å². The third-order valence-corrected chi connectivity index (χ3v) is 7.56. The van der Waals surface area contributed by atoms with E-state index >= 15 is 0 Å². The van der Waals surface area contributed by atoms with Crippen molar-refractivity contribution in [2.24, 2.45) is 23.2 Å². The van der Waals surface area contributed by atoms with E-state index < -0.39 is 5.60 Å². The highest BCUT2D eigenvalue weighted by Gasteiger charge is 2.57. The second-order valence-electron chi connectivity index (χ2n) is 9.44. The molecule has 2 nitrogen and oxygen atoms in total. The molecule has 0 aromatic rings. The average Bonchev–Trinajstić information content (AvgIpc) is 2.97. The van der Waals surface area contributed by atoms with Crippen LogP contribution in [0.5, 0.6) is 0 Å². The standard InChI is InChI=1S/C20H33BrO2/c1-18(2,22)10-14-11-20(4,23-13-14)17-8-7-16-15(12-21)6-5-9-19(16,17)3/h12,14,16-17,22H,5-11,13H2,1-4H3/b15-12+/t14-,16-,17-,19-,20-/m0/s1. The Bertz CT molecular complexity index is 481. The summed E-state index contributed by atoms with van der Waals surface area (Å²) in [6, 6.07) is 0. The van der Waals surface area contributed by atoms with E-state index in [1.165, 1.54) is 32.1 Å². The predicted molar refractivity (Wildman–Crippen MR) is 98.6 cm³/mol. The molecule has 1 aliphatic heterocycles. The molecule has 2 aliphatic carbocycles. The van der Waals surface area contributed by atoms with Crippen molar-refractivity contribution in [1.29, 1.82) is 0 Å². The minimum absolute atomic E-state index is 0.00577. The lowest BCUT2D eigenvalue weighted by atomic mass is 9.60. The number of fused-ring (bicyclic) bond motifs is 1. The minimum atomic E-state index is -0.585. The summed E-state index contributed by atoms with van der Waals surface area (Å²) in [5.74, 6) is 1.88. The van der Waals surface area contributed by atoms with E-state index in [9.17, 15) is 5.11 Å². The first-order valence-electron chi connectivity index (χ1n) is 9.33. The first-order valence-corrected chi connectivity index (χ1v) is 10.2. The van der Waals surface area contributed by atoms with Gasteiger partial charge in [-0.1, -0.05) is 28.4 Å². The molecule has 3 heteroatoms. The summed E-state index contributed by atoms with van der Waals surface area (Å²) in [7, 11) is 0. The van der Waals surface area contributed by atoms with Crippen LogP contribution in [0.25, 0.3) is 0 Å². The molecular formula is C20H33BrO2. The fourth-order valence-electron chi connectivity index (χ4n) is 6.25. The molecule has 0 unspecified atom stereocenters. The smallest absolute Gasteiger partial charge is 0.0691 e. The number of aliphatic hydroxyl groups is 1. The molecule has 1 N–H and O–H groups in total. The molecule has 2 saturated carbocycles. The molecule has 0 aromatic heterocycles. The Kier molecular flexibility index (Phi) is 4.79. The summed E-state index contributed by atoms with van der Waals surface area (Å²) in [5, 5.41) is 10.2. The van der Waals surface area contributed by atoms with E-state index in [4.69, 9.17) is 4.74 Å². The lowest BCUT2D eigenvalue weighted by Crippen LogP contribution is -2.45. The van der Waals surface area contributed by atoms with Gasteiger partial charge in [-0.25, -0.2) is 0 Å². The first-order chi connectivity index (χ1) is 10.7. The zero-order chi connectivity index (χ0) is 16.9. The lowest BCUT2D eigenvalue weighted by molar-refractivity contribution is -0.0753. The maximum atomic E-state index is 10.2. The summed E-state index contributed by atoms with van der Waals surface area (Å²) in [4.78, 5) is 2.20. The highest BCUT2D eigenvalue weighted by atomic mass is 79.9. The third kappa shape index (κ3) is 3.30. The molecule has 1 saturated heterocycles. The molecule has 5 atom stereocenters. The Balaban J connectivity index is 1.77. The summed E-state index contributed by atoms with van der Waals surface area (Å²) >= 11 is 3.61. The number of rotatable bonds is 3. The van der Waals surface area contributed by atoms with Crippen LogP contribution in [0.2, 0.25) is 0 Å². The quantitative estimate of drug-likeness (QED) is 0.701. The van der Waals surface area contributed by atoms with Gasteiger partial charge in [0.25, 0.3) is 0 Å². The van der Waals surface area contributed by atoms with Gasteiger partial charge in [-0.05, 0) is 93.9 Å². The normalized spacial score (nSPS) is 46.3. The van der Waals surface area contributed by atoms with Crippen molar-refractivity contribution in [3.8, 4) is 0 Å².